The van der Waals surface area contributed by atoms with Crippen LogP contribution in [0, 0.1) is 13.8 Å². The van der Waals surface area contributed by atoms with Gasteiger partial charge in [0.25, 0.3) is 10.0 Å². The Morgan fingerprint density at radius 3 is 2.19 bits per heavy atom. The number of unbranched alkanes of at least 4 members (excludes halogenated alkanes) is 1. The van der Waals surface area contributed by atoms with Gasteiger partial charge >= 0.3 is 0 Å². The third-order valence-electron chi connectivity index (χ3n) is 7.93. The second-order valence-electron chi connectivity index (χ2n) is 11.6. The fraction of sp³-hybridized carbons (Fsp3) is 0.297. The number of nitrogens with one attached hydrogen (secondary N) is 1. The number of nitrogens with zero attached hydrogens (tertiary/aromatic N) is 2. The minimum Gasteiger partial charge on any atom is -0.495 e. The lowest BCUT2D eigenvalue weighted by Gasteiger charge is -2.34. The summed E-state index contributed by atoms with van der Waals surface area (Å²) in [5.41, 5.74) is 3.32. The molecule has 0 saturated carbocycles. The van der Waals surface area contributed by atoms with Crippen molar-refractivity contribution < 1.29 is 22.7 Å². The Morgan fingerprint density at radius 2 is 1.54 bits per heavy atom. The minimum atomic E-state index is -4.29. The van der Waals surface area contributed by atoms with Crippen LogP contribution in [0.2, 0.25) is 10.0 Å². The molecule has 0 unspecified atom stereocenters. The Morgan fingerprint density at radius 1 is 0.854 bits per heavy atom. The maximum atomic E-state index is 14.7. The van der Waals surface area contributed by atoms with Crippen molar-refractivity contribution >= 4 is 50.7 Å². The van der Waals surface area contributed by atoms with Gasteiger partial charge < -0.3 is 15.0 Å². The number of aryl methyl sites for hydroxylation is 2. The summed E-state index contributed by atoms with van der Waals surface area (Å²) in [5.74, 6) is -0.660. The molecular weight excluding hydrogens is 669 g/mol. The van der Waals surface area contributed by atoms with E-state index in [2.05, 4.69) is 5.32 Å². The molecule has 0 heterocycles. The Kier molecular flexibility index (Phi) is 12.9. The number of amides is 2. The van der Waals surface area contributed by atoms with Crippen molar-refractivity contribution in [3.63, 3.8) is 0 Å². The Balaban J connectivity index is 1.85. The molecule has 0 saturated heterocycles. The van der Waals surface area contributed by atoms with Gasteiger partial charge in [-0.05, 0) is 73.4 Å². The molecule has 1 N–H and O–H groups in total. The first-order chi connectivity index (χ1) is 22.9. The lowest BCUT2D eigenvalue weighted by Crippen LogP contribution is -2.53. The first-order valence-corrected chi connectivity index (χ1v) is 17.9. The molecule has 0 spiro atoms. The van der Waals surface area contributed by atoms with Gasteiger partial charge in [0.05, 0.1) is 27.7 Å². The zero-order chi connectivity index (χ0) is 34.8. The van der Waals surface area contributed by atoms with Gasteiger partial charge in [0.1, 0.15) is 18.3 Å². The number of rotatable bonds is 15. The molecule has 48 heavy (non-hydrogen) atoms. The highest BCUT2D eigenvalue weighted by atomic mass is 35.5. The first-order valence-electron chi connectivity index (χ1n) is 15.7. The number of benzene rings is 4. The fourth-order valence-electron chi connectivity index (χ4n) is 5.24. The highest BCUT2D eigenvalue weighted by Gasteiger charge is 2.35. The van der Waals surface area contributed by atoms with Gasteiger partial charge in [-0.25, -0.2) is 8.42 Å². The number of halogens is 2. The van der Waals surface area contributed by atoms with E-state index < -0.39 is 28.5 Å². The Labute approximate surface area is 293 Å². The molecule has 0 aliphatic heterocycles. The first kappa shape index (κ1) is 36.8. The molecule has 0 aromatic heterocycles. The second kappa shape index (κ2) is 16.9. The van der Waals surface area contributed by atoms with E-state index in [1.54, 1.807) is 48.5 Å². The van der Waals surface area contributed by atoms with Crippen LogP contribution in [0.25, 0.3) is 0 Å². The highest BCUT2D eigenvalue weighted by molar-refractivity contribution is 7.92. The second-order valence-corrected chi connectivity index (χ2v) is 14.3. The summed E-state index contributed by atoms with van der Waals surface area (Å²) >= 11 is 12.6. The normalized spacial score (nSPS) is 11.9. The largest absolute Gasteiger partial charge is 0.495 e. The number of hydrogen-bond donors (Lipinski definition) is 1. The van der Waals surface area contributed by atoms with E-state index in [0.717, 1.165) is 33.8 Å². The number of carbonyl (C=O) groups excluding carboxylic acids is 2. The number of hydrogen-bond acceptors (Lipinski definition) is 5. The summed E-state index contributed by atoms with van der Waals surface area (Å²) in [6.45, 7) is 5.51. The smallest absolute Gasteiger partial charge is 0.264 e. The van der Waals surface area contributed by atoms with Gasteiger partial charge in [0.15, 0.2) is 0 Å². The van der Waals surface area contributed by atoms with E-state index in [4.69, 9.17) is 27.9 Å². The summed E-state index contributed by atoms with van der Waals surface area (Å²) in [4.78, 5) is 30.1. The summed E-state index contributed by atoms with van der Waals surface area (Å²) in [6, 6.07) is 25.0. The molecule has 1 atom stereocenters. The van der Waals surface area contributed by atoms with Crippen LogP contribution in [0.4, 0.5) is 5.69 Å². The van der Waals surface area contributed by atoms with Gasteiger partial charge in [0, 0.05) is 19.5 Å². The quantitative estimate of drug-likeness (QED) is 0.130. The topological polar surface area (TPSA) is 96.0 Å². The minimum absolute atomic E-state index is 0.0126. The van der Waals surface area contributed by atoms with Gasteiger partial charge in [-0.3, -0.25) is 13.9 Å². The predicted octanol–water partition coefficient (Wildman–Crippen LogP) is 7.37. The van der Waals surface area contributed by atoms with Crippen molar-refractivity contribution in [1.82, 2.24) is 10.2 Å². The zero-order valence-corrected chi connectivity index (χ0v) is 29.9. The van der Waals surface area contributed by atoms with Crippen molar-refractivity contribution in [3.8, 4) is 5.75 Å². The SMILES string of the molecule is CCCCNC(=O)[C@H](Cc1ccccc1)N(Cc1ccc(Cl)c(Cl)c1)C(=O)CN(c1cc(C)ccc1OC)S(=O)(=O)c1ccc(C)cc1. The lowest BCUT2D eigenvalue weighted by molar-refractivity contribution is -0.140. The Hall–Kier alpha value is -4.05. The fourth-order valence-corrected chi connectivity index (χ4v) is 6.98. The molecular formula is C37H41Cl2N3O5S. The lowest BCUT2D eigenvalue weighted by atomic mass is 10.0. The molecule has 0 radical (unpaired) electrons. The van der Waals surface area contributed by atoms with E-state index in [1.165, 1.54) is 24.1 Å². The van der Waals surface area contributed by atoms with E-state index in [-0.39, 0.29) is 35.2 Å². The maximum Gasteiger partial charge on any atom is 0.264 e. The molecule has 4 rings (SSSR count). The standard InChI is InChI=1S/C37H41Cl2N3O5S/c1-5-6-20-40-37(44)34(23-28-10-8-7-9-11-28)41(24-29-15-18-31(38)32(39)22-29)36(43)25-42(33-21-27(3)14-19-35(33)47-4)48(45,46)30-16-12-26(2)13-17-30/h7-19,21-22,34H,5-6,20,23-25H2,1-4H3,(H,40,44)/t34-/m0/s1. The number of ether oxygens (including phenoxy) is 1. The number of carbonyl (C=O) groups is 2. The van der Waals surface area contributed by atoms with Crippen LogP contribution in [0.15, 0.2) is 95.9 Å². The molecule has 0 aliphatic carbocycles. The van der Waals surface area contributed by atoms with Crippen LogP contribution in [0.1, 0.15) is 42.0 Å². The van der Waals surface area contributed by atoms with Crippen LogP contribution in [-0.4, -0.2) is 51.4 Å². The number of anilines is 1. The van der Waals surface area contributed by atoms with Crippen molar-refractivity contribution in [2.45, 2.75) is 57.5 Å². The van der Waals surface area contributed by atoms with E-state index in [9.17, 15) is 18.0 Å². The van der Waals surface area contributed by atoms with Gasteiger partial charge in [-0.1, -0.05) is 96.7 Å². The van der Waals surface area contributed by atoms with Crippen molar-refractivity contribution in [1.29, 1.82) is 0 Å². The van der Waals surface area contributed by atoms with Gasteiger partial charge in [-0.2, -0.15) is 0 Å². The summed E-state index contributed by atoms with van der Waals surface area (Å²) in [7, 11) is -2.85. The average molecular weight is 711 g/mol. The molecule has 0 bridgehead atoms. The van der Waals surface area contributed by atoms with Crippen molar-refractivity contribution in [3.05, 3.63) is 123 Å². The maximum absolute atomic E-state index is 14.7. The number of methoxy groups -OCH3 is 1. The zero-order valence-electron chi connectivity index (χ0n) is 27.6. The van der Waals surface area contributed by atoms with E-state index in [1.807, 2.05) is 51.1 Å². The van der Waals surface area contributed by atoms with Crippen LogP contribution in [0.3, 0.4) is 0 Å². The average Bonchev–Trinajstić information content (AvgIpc) is 3.07. The van der Waals surface area contributed by atoms with Crippen molar-refractivity contribution in [2.24, 2.45) is 0 Å². The molecule has 4 aromatic carbocycles. The highest BCUT2D eigenvalue weighted by Crippen LogP contribution is 2.34. The predicted molar refractivity (Wildman–Crippen MR) is 192 cm³/mol. The van der Waals surface area contributed by atoms with Gasteiger partial charge in [0.2, 0.25) is 11.8 Å². The third kappa shape index (κ3) is 9.30. The van der Waals surface area contributed by atoms with Gasteiger partial charge in [-0.15, -0.1) is 0 Å². The van der Waals surface area contributed by atoms with Crippen LogP contribution >= 0.6 is 23.2 Å². The molecule has 0 aliphatic rings. The third-order valence-corrected chi connectivity index (χ3v) is 10.4. The van der Waals surface area contributed by atoms with E-state index >= 15 is 0 Å². The monoisotopic (exact) mass is 709 g/mol. The van der Waals surface area contributed by atoms with E-state index in [0.29, 0.717) is 22.2 Å². The Bertz CT molecular complexity index is 1820. The summed E-state index contributed by atoms with van der Waals surface area (Å²) in [5, 5.41) is 3.62. The molecule has 4 aromatic rings. The molecule has 0 fully saturated rings. The van der Waals surface area contributed by atoms with Crippen LogP contribution in [-0.2, 0) is 32.6 Å². The molecule has 254 valence electrons. The van der Waals surface area contributed by atoms with Crippen LogP contribution < -0.4 is 14.4 Å². The molecule has 2 amide bonds. The summed E-state index contributed by atoms with van der Waals surface area (Å²) < 4.78 is 35.4. The molecule has 8 nitrogen and oxygen atoms in total. The van der Waals surface area contributed by atoms with Crippen molar-refractivity contribution in [2.75, 3.05) is 24.5 Å². The molecule has 11 heteroatoms. The number of sulfonamides is 1. The summed E-state index contributed by atoms with van der Waals surface area (Å²) in [6.07, 6.45) is 1.84. The van der Waals surface area contributed by atoms with Crippen LogP contribution in [0.5, 0.6) is 5.75 Å².